The number of aromatic nitrogens is 6. The molecule has 0 aliphatic carbocycles. The Morgan fingerprint density at radius 2 is 2.03 bits per heavy atom. The third-order valence-electron chi connectivity index (χ3n) is 4.94. The molecule has 0 radical (unpaired) electrons. The van der Waals surface area contributed by atoms with Crippen molar-refractivity contribution < 1.29 is 4.79 Å². The zero-order valence-electron chi connectivity index (χ0n) is 16.8. The van der Waals surface area contributed by atoms with Crippen LogP contribution in [0.4, 0.5) is 0 Å². The Hall–Kier alpha value is -3.85. The van der Waals surface area contributed by atoms with Gasteiger partial charge in [-0.05, 0) is 42.1 Å². The Kier molecular flexibility index (Phi) is 5.01. The Bertz CT molecular complexity index is 1320. The number of thiophene rings is 1. The van der Waals surface area contributed by atoms with Crippen LogP contribution in [0.1, 0.15) is 26.5 Å². The first-order valence-electron chi connectivity index (χ1n) is 9.75. The first-order valence-corrected chi connectivity index (χ1v) is 10.6. The van der Waals surface area contributed by atoms with Crippen LogP contribution in [0.15, 0.2) is 66.7 Å². The molecule has 0 aliphatic heterocycles. The first-order chi connectivity index (χ1) is 15.2. The number of nitrogens with one attached hydrogen (secondary N) is 1. The predicted molar refractivity (Wildman–Crippen MR) is 118 cm³/mol. The molecule has 0 spiro atoms. The highest BCUT2D eigenvalue weighted by Crippen LogP contribution is 2.20. The predicted octanol–water partition coefficient (Wildman–Crippen LogP) is 3.36. The van der Waals surface area contributed by atoms with E-state index >= 15 is 0 Å². The number of nitrogens with zero attached hydrogens (tertiary/aromatic N) is 6. The number of rotatable bonds is 6. The highest BCUT2D eigenvalue weighted by molar-refractivity contribution is 7.09. The van der Waals surface area contributed by atoms with Crippen LogP contribution in [0, 0.1) is 6.92 Å². The van der Waals surface area contributed by atoms with Gasteiger partial charge in [-0.1, -0.05) is 18.2 Å². The van der Waals surface area contributed by atoms with E-state index in [1.54, 1.807) is 28.5 Å². The van der Waals surface area contributed by atoms with Gasteiger partial charge in [-0.3, -0.25) is 4.79 Å². The van der Waals surface area contributed by atoms with Crippen molar-refractivity contribution in [2.75, 3.05) is 0 Å². The number of fused-ring (bicyclic) bond motifs is 1. The van der Waals surface area contributed by atoms with Gasteiger partial charge in [0.05, 0.1) is 29.4 Å². The number of benzene rings is 1. The van der Waals surface area contributed by atoms with Gasteiger partial charge in [-0.2, -0.15) is 10.2 Å². The number of carbonyl (C=O) groups excluding carboxylic acids is 1. The maximum Gasteiger partial charge on any atom is 0.252 e. The fraction of sp³-hybridized carbons (Fsp3) is 0.136. The van der Waals surface area contributed by atoms with Gasteiger partial charge in [0, 0.05) is 17.1 Å². The molecular weight excluding hydrogens is 410 g/mol. The van der Waals surface area contributed by atoms with Gasteiger partial charge in [0.1, 0.15) is 12.7 Å². The van der Waals surface area contributed by atoms with Gasteiger partial charge >= 0.3 is 0 Å². The van der Waals surface area contributed by atoms with Crippen molar-refractivity contribution in [3.63, 3.8) is 0 Å². The average Bonchev–Trinajstić information content (AvgIpc) is 3.55. The van der Waals surface area contributed by atoms with Gasteiger partial charge < -0.3 is 5.32 Å². The van der Waals surface area contributed by atoms with Crippen molar-refractivity contribution in [3.8, 4) is 5.69 Å². The summed E-state index contributed by atoms with van der Waals surface area (Å²) in [5, 5.41) is 14.4. The average molecular weight is 430 g/mol. The van der Waals surface area contributed by atoms with E-state index < -0.39 is 0 Å². The molecule has 5 aromatic rings. The van der Waals surface area contributed by atoms with Crippen LogP contribution in [0.3, 0.4) is 0 Å². The zero-order chi connectivity index (χ0) is 21.2. The molecule has 4 aromatic heterocycles. The van der Waals surface area contributed by atoms with E-state index in [1.165, 1.54) is 11.2 Å². The quantitative estimate of drug-likeness (QED) is 0.447. The van der Waals surface area contributed by atoms with Crippen LogP contribution in [-0.2, 0) is 13.1 Å². The van der Waals surface area contributed by atoms with Gasteiger partial charge in [0.2, 0.25) is 0 Å². The fourth-order valence-electron chi connectivity index (χ4n) is 3.41. The molecular formula is C22H19N7OS. The Labute approximate surface area is 182 Å². The lowest BCUT2D eigenvalue weighted by Crippen LogP contribution is -2.23. The summed E-state index contributed by atoms with van der Waals surface area (Å²) in [5.74, 6) is -0.147. The van der Waals surface area contributed by atoms with Crippen LogP contribution in [0.5, 0.6) is 0 Å². The van der Waals surface area contributed by atoms with Gasteiger partial charge in [-0.15, -0.1) is 11.3 Å². The molecule has 0 atom stereocenters. The van der Waals surface area contributed by atoms with Crippen molar-refractivity contribution in [2.45, 2.75) is 20.0 Å². The van der Waals surface area contributed by atoms with Crippen LogP contribution < -0.4 is 5.32 Å². The lowest BCUT2D eigenvalue weighted by molar-refractivity contribution is 0.0952. The number of pyridine rings is 1. The maximum absolute atomic E-state index is 13.0. The molecule has 0 fully saturated rings. The van der Waals surface area contributed by atoms with E-state index in [4.69, 9.17) is 0 Å². The molecule has 0 saturated carbocycles. The molecule has 31 heavy (non-hydrogen) atoms. The Morgan fingerprint density at radius 3 is 2.77 bits per heavy atom. The van der Waals surface area contributed by atoms with Gasteiger partial charge in [0.25, 0.3) is 5.91 Å². The summed E-state index contributed by atoms with van der Waals surface area (Å²) in [6, 6.07) is 13.7. The van der Waals surface area contributed by atoms with E-state index in [-0.39, 0.29) is 5.91 Å². The highest BCUT2D eigenvalue weighted by atomic mass is 32.1. The lowest BCUT2D eigenvalue weighted by Gasteiger charge is -2.09. The molecule has 154 valence electrons. The third-order valence-corrected chi connectivity index (χ3v) is 5.80. The molecule has 1 N–H and O–H groups in total. The van der Waals surface area contributed by atoms with Crippen molar-refractivity contribution in [1.29, 1.82) is 0 Å². The van der Waals surface area contributed by atoms with E-state index in [0.29, 0.717) is 18.7 Å². The second-order valence-corrected chi connectivity index (χ2v) is 8.15. The monoisotopic (exact) mass is 429 g/mol. The minimum absolute atomic E-state index is 0.147. The largest absolute Gasteiger partial charge is 0.348 e. The number of amides is 1. The van der Waals surface area contributed by atoms with E-state index in [9.17, 15) is 4.79 Å². The highest BCUT2D eigenvalue weighted by Gasteiger charge is 2.16. The molecule has 8 nitrogen and oxygen atoms in total. The number of carbonyl (C=O) groups is 1. The number of hydrogen-bond acceptors (Lipinski definition) is 6. The SMILES string of the molecule is Cc1cc(C(=O)NCc2ccc(-n3cncn3)cc2)c2cnn(Cc3cccs3)c2n1. The minimum atomic E-state index is -0.147. The maximum atomic E-state index is 13.0. The van der Waals surface area contributed by atoms with Gasteiger partial charge in [-0.25, -0.2) is 19.3 Å². The van der Waals surface area contributed by atoms with Crippen LogP contribution in [0.2, 0.25) is 0 Å². The molecule has 4 heterocycles. The molecule has 1 aromatic carbocycles. The molecule has 0 aliphatic rings. The second kappa shape index (κ2) is 8.11. The standard InChI is InChI=1S/C22H19N7OS/c1-15-9-19(20-11-25-28(21(20)27-15)12-18-3-2-8-31-18)22(30)24-10-16-4-6-17(7-5-16)29-14-23-13-26-29/h2-9,11,13-14H,10,12H2,1H3,(H,24,30). The molecule has 9 heteroatoms. The smallest absolute Gasteiger partial charge is 0.252 e. The normalized spacial score (nSPS) is 11.1. The summed E-state index contributed by atoms with van der Waals surface area (Å²) in [4.78, 5) is 22.7. The summed E-state index contributed by atoms with van der Waals surface area (Å²) >= 11 is 1.67. The minimum Gasteiger partial charge on any atom is -0.348 e. The van der Waals surface area contributed by atoms with E-state index in [0.717, 1.165) is 28.0 Å². The van der Waals surface area contributed by atoms with Crippen molar-refractivity contribution in [2.24, 2.45) is 0 Å². The van der Waals surface area contributed by atoms with Crippen molar-refractivity contribution in [3.05, 3.63) is 88.4 Å². The lowest BCUT2D eigenvalue weighted by atomic mass is 10.1. The van der Waals surface area contributed by atoms with Crippen molar-refractivity contribution in [1.82, 2.24) is 34.8 Å². The van der Waals surface area contributed by atoms with E-state index in [1.807, 2.05) is 53.4 Å². The second-order valence-electron chi connectivity index (χ2n) is 7.12. The Balaban J connectivity index is 1.34. The fourth-order valence-corrected chi connectivity index (χ4v) is 4.10. The topological polar surface area (TPSA) is 90.5 Å². The molecule has 0 saturated heterocycles. The van der Waals surface area contributed by atoms with Crippen LogP contribution >= 0.6 is 11.3 Å². The molecule has 1 amide bonds. The van der Waals surface area contributed by atoms with Crippen molar-refractivity contribution >= 4 is 28.3 Å². The van der Waals surface area contributed by atoms with Crippen LogP contribution in [-0.4, -0.2) is 35.4 Å². The first kappa shape index (κ1) is 19.1. The summed E-state index contributed by atoms with van der Waals surface area (Å²) in [5.41, 5.74) is 3.99. The third kappa shape index (κ3) is 3.95. The molecule has 5 rings (SSSR count). The Morgan fingerprint density at radius 1 is 1.16 bits per heavy atom. The van der Waals surface area contributed by atoms with E-state index in [2.05, 4.69) is 31.5 Å². The summed E-state index contributed by atoms with van der Waals surface area (Å²) < 4.78 is 3.53. The summed E-state index contributed by atoms with van der Waals surface area (Å²) in [6.45, 7) is 2.95. The summed E-state index contributed by atoms with van der Waals surface area (Å²) in [6.07, 6.45) is 4.86. The number of aryl methyl sites for hydroxylation is 1. The van der Waals surface area contributed by atoms with Crippen LogP contribution in [0.25, 0.3) is 16.7 Å². The summed E-state index contributed by atoms with van der Waals surface area (Å²) in [7, 11) is 0. The molecule has 0 unspecified atom stereocenters. The molecule has 0 bridgehead atoms. The number of hydrogen-bond donors (Lipinski definition) is 1. The zero-order valence-corrected chi connectivity index (χ0v) is 17.6. The van der Waals surface area contributed by atoms with Gasteiger partial charge in [0.15, 0.2) is 5.65 Å².